The summed E-state index contributed by atoms with van der Waals surface area (Å²) in [7, 11) is 0. The maximum Gasteiger partial charge on any atom is 0.272 e. The molecule has 0 fully saturated rings. The third kappa shape index (κ3) is 1.33. The molecule has 0 aromatic heterocycles. The molecule has 13 heavy (non-hydrogen) atoms. The van der Waals surface area contributed by atoms with Crippen molar-refractivity contribution < 1.29 is 4.92 Å². The summed E-state index contributed by atoms with van der Waals surface area (Å²) >= 11 is 0. The zero-order chi connectivity index (χ0) is 9.26. The molecule has 0 spiro atoms. The largest absolute Gasteiger partial charge is 0.272 e. The van der Waals surface area contributed by atoms with Gasteiger partial charge in [0, 0.05) is 0 Å². The van der Waals surface area contributed by atoms with E-state index in [1.165, 1.54) is 0 Å². The van der Waals surface area contributed by atoms with Crippen LogP contribution in [-0.4, -0.2) is 4.92 Å². The first kappa shape index (κ1) is 7.98. The summed E-state index contributed by atoms with van der Waals surface area (Å²) in [5, 5.41) is 10.6. The third-order valence-electron chi connectivity index (χ3n) is 2.22. The van der Waals surface area contributed by atoms with Crippen LogP contribution in [0.5, 0.6) is 0 Å². The van der Waals surface area contributed by atoms with Gasteiger partial charge in [0.05, 0.1) is 10.5 Å². The van der Waals surface area contributed by atoms with Crippen molar-refractivity contribution in [3.63, 3.8) is 0 Å². The van der Waals surface area contributed by atoms with E-state index in [2.05, 4.69) is 0 Å². The minimum atomic E-state index is -0.308. The van der Waals surface area contributed by atoms with Crippen LogP contribution in [0.15, 0.2) is 47.2 Å². The molecule has 2 aliphatic carbocycles. The fourth-order valence-corrected chi connectivity index (χ4v) is 1.62. The number of rotatable bonds is 2. The highest BCUT2D eigenvalue weighted by Crippen LogP contribution is 2.30. The molecule has 0 bridgehead atoms. The van der Waals surface area contributed by atoms with Gasteiger partial charge in [0.1, 0.15) is 0 Å². The fourth-order valence-electron chi connectivity index (χ4n) is 1.62. The second kappa shape index (κ2) is 3.01. The maximum atomic E-state index is 10.6. The molecule has 0 aliphatic heterocycles. The van der Waals surface area contributed by atoms with Crippen molar-refractivity contribution in [2.45, 2.75) is 12.8 Å². The molecular formula is C10H9NO2. The van der Waals surface area contributed by atoms with Gasteiger partial charge >= 0.3 is 0 Å². The molecular weight excluding hydrogens is 166 g/mol. The summed E-state index contributed by atoms with van der Waals surface area (Å²) in [6.07, 6.45) is 11.0. The summed E-state index contributed by atoms with van der Waals surface area (Å²) in [5.74, 6) is 0. The third-order valence-corrected chi connectivity index (χ3v) is 2.22. The highest BCUT2D eigenvalue weighted by atomic mass is 16.6. The van der Waals surface area contributed by atoms with Crippen molar-refractivity contribution in [3.05, 3.63) is 57.3 Å². The van der Waals surface area contributed by atoms with E-state index in [0.717, 1.165) is 17.6 Å². The molecule has 0 aromatic rings. The molecule has 0 heterocycles. The number of nitro groups is 1. The predicted octanol–water partition coefficient (Wildman–Crippen LogP) is 2.36. The molecule has 2 rings (SSSR count). The van der Waals surface area contributed by atoms with Crippen molar-refractivity contribution in [2.24, 2.45) is 0 Å². The Balaban J connectivity index is 2.26. The fraction of sp³-hybridized carbons (Fsp3) is 0.200. The summed E-state index contributed by atoms with van der Waals surface area (Å²) in [6, 6.07) is 0. The highest BCUT2D eigenvalue weighted by Gasteiger charge is 2.23. The van der Waals surface area contributed by atoms with Gasteiger partial charge < -0.3 is 0 Å². The average molecular weight is 175 g/mol. The van der Waals surface area contributed by atoms with Gasteiger partial charge in [-0.3, -0.25) is 10.1 Å². The Morgan fingerprint density at radius 1 is 1.38 bits per heavy atom. The Hall–Kier alpha value is -1.64. The molecule has 0 radical (unpaired) electrons. The molecule has 0 unspecified atom stereocenters. The van der Waals surface area contributed by atoms with Gasteiger partial charge in [-0.05, 0) is 24.5 Å². The number of allylic oxidation sites excluding steroid dienone is 6. The SMILES string of the molecule is O=[N+]([O-])C1=CCC=C1C1=CC=CC1. The van der Waals surface area contributed by atoms with E-state index in [1.54, 1.807) is 6.08 Å². The Morgan fingerprint density at radius 2 is 2.23 bits per heavy atom. The van der Waals surface area contributed by atoms with Crippen LogP contribution in [0, 0.1) is 10.1 Å². The summed E-state index contributed by atoms with van der Waals surface area (Å²) < 4.78 is 0. The van der Waals surface area contributed by atoms with Crippen molar-refractivity contribution >= 4 is 0 Å². The molecule has 3 heteroatoms. The van der Waals surface area contributed by atoms with Gasteiger partial charge in [0.2, 0.25) is 0 Å². The summed E-state index contributed by atoms with van der Waals surface area (Å²) in [6.45, 7) is 0. The molecule has 0 atom stereocenters. The molecule has 0 saturated carbocycles. The monoisotopic (exact) mass is 175 g/mol. The lowest BCUT2D eigenvalue weighted by Crippen LogP contribution is -2.00. The molecule has 0 aromatic carbocycles. The molecule has 0 saturated heterocycles. The molecule has 0 N–H and O–H groups in total. The second-order valence-corrected chi connectivity index (χ2v) is 3.02. The minimum Gasteiger partial charge on any atom is -0.258 e. The lowest BCUT2D eigenvalue weighted by molar-refractivity contribution is -0.420. The lowest BCUT2D eigenvalue weighted by atomic mass is 10.1. The Labute approximate surface area is 75.9 Å². The summed E-state index contributed by atoms with van der Waals surface area (Å²) in [4.78, 5) is 10.3. The smallest absolute Gasteiger partial charge is 0.258 e. The van der Waals surface area contributed by atoms with Crippen LogP contribution < -0.4 is 0 Å². The van der Waals surface area contributed by atoms with E-state index >= 15 is 0 Å². The van der Waals surface area contributed by atoms with Crippen LogP contribution in [0.3, 0.4) is 0 Å². The van der Waals surface area contributed by atoms with Gasteiger partial charge in [-0.2, -0.15) is 0 Å². The standard InChI is InChI=1S/C10H9NO2/c12-11(13)10-7-3-6-9(10)8-4-1-2-5-8/h1-2,4,6-7H,3,5H2. The average Bonchev–Trinajstić information content (AvgIpc) is 2.74. The van der Waals surface area contributed by atoms with Gasteiger partial charge in [-0.1, -0.05) is 24.3 Å². The lowest BCUT2D eigenvalue weighted by Gasteiger charge is -2.01. The van der Waals surface area contributed by atoms with Crippen LogP contribution in [0.25, 0.3) is 0 Å². The number of hydrogen-bond acceptors (Lipinski definition) is 2. The van der Waals surface area contributed by atoms with E-state index in [1.807, 2.05) is 24.3 Å². The van der Waals surface area contributed by atoms with Crippen molar-refractivity contribution in [1.29, 1.82) is 0 Å². The maximum absolute atomic E-state index is 10.6. The number of nitrogens with zero attached hydrogens (tertiary/aromatic N) is 1. The Bertz CT molecular complexity index is 372. The quantitative estimate of drug-likeness (QED) is 0.477. The molecule has 2 aliphatic rings. The van der Waals surface area contributed by atoms with Crippen molar-refractivity contribution in [1.82, 2.24) is 0 Å². The van der Waals surface area contributed by atoms with Crippen LogP contribution in [0.2, 0.25) is 0 Å². The van der Waals surface area contributed by atoms with Gasteiger partial charge in [-0.25, -0.2) is 0 Å². The normalized spacial score (nSPS) is 19.8. The van der Waals surface area contributed by atoms with Crippen LogP contribution in [-0.2, 0) is 0 Å². The molecule has 3 nitrogen and oxygen atoms in total. The molecule has 66 valence electrons. The first-order chi connectivity index (χ1) is 6.29. The Morgan fingerprint density at radius 3 is 2.85 bits per heavy atom. The van der Waals surface area contributed by atoms with E-state index in [4.69, 9.17) is 0 Å². The molecule has 0 amide bonds. The van der Waals surface area contributed by atoms with Crippen molar-refractivity contribution in [3.8, 4) is 0 Å². The zero-order valence-electron chi connectivity index (χ0n) is 7.06. The van der Waals surface area contributed by atoms with Gasteiger partial charge in [0.15, 0.2) is 0 Å². The number of hydrogen-bond donors (Lipinski definition) is 0. The zero-order valence-corrected chi connectivity index (χ0v) is 7.06. The second-order valence-electron chi connectivity index (χ2n) is 3.02. The van der Waals surface area contributed by atoms with E-state index in [0.29, 0.717) is 6.42 Å². The van der Waals surface area contributed by atoms with Gasteiger partial charge in [-0.15, -0.1) is 0 Å². The predicted molar refractivity (Wildman–Crippen MR) is 49.6 cm³/mol. The first-order valence-corrected chi connectivity index (χ1v) is 4.20. The van der Waals surface area contributed by atoms with Crippen LogP contribution in [0.4, 0.5) is 0 Å². The van der Waals surface area contributed by atoms with Gasteiger partial charge in [0.25, 0.3) is 5.70 Å². The minimum absolute atomic E-state index is 0.259. The van der Waals surface area contributed by atoms with Crippen LogP contribution in [0.1, 0.15) is 12.8 Å². The first-order valence-electron chi connectivity index (χ1n) is 4.20. The Kier molecular flexibility index (Phi) is 1.85. The van der Waals surface area contributed by atoms with E-state index in [-0.39, 0.29) is 10.6 Å². The summed E-state index contributed by atoms with van der Waals surface area (Å²) in [5.41, 5.74) is 2.12. The van der Waals surface area contributed by atoms with E-state index < -0.39 is 0 Å². The van der Waals surface area contributed by atoms with Crippen molar-refractivity contribution in [2.75, 3.05) is 0 Å². The highest BCUT2D eigenvalue weighted by molar-refractivity contribution is 5.51. The van der Waals surface area contributed by atoms with E-state index in [9.17, 15) is 10.1 Å². The topological polar surface area (TPSA) is 43.1 Å². The van der Waals surface area contributed by atoms with Crippen LogP contribution >= 0.6 is 0 Å².